The minimum atomic E-state index is -0.476. The number of aryl methyl sites for hydroxylation is 1. The van der Waals surface area contributed by atoms with E-state index in [0.29, 0.717) is 18.3 Å². The number of amides is 1. The number of thiophene rings is 1. The van der Waals surface area contributed by atoms with Gasteiger partial charge >= 0.3 is 6.09 Å². The third kappa shape index (κ3) is 4.95. The summed E-state index contributed by atoms with van der Waals surface area (Å²) >= 11 is 1.70. The van der Waals surface area contributed by atoms with Gasteiger partial charge in [0.25, 0.3) is 0 Å². The van der Waals surface area contributed by atoms with E-state index in [1.807, 2.05) is 27.8 Å². The Bertz CT molecular complexity index is 931. The lowest BCUT2D eigenvalue weighted by atomic mass is 9.87. The Labute approximate surface area is 187 Å². The smallest absolute Gasteiger partial charge is 0.410 e. The number of hydrogen-bond acceptors (Lipinski definition) is 7. The maximum Gasteiger partial charge on any atom is 0.410 e. The molecule has 0 spiro atoms. The van der Waals surface area contributed by atoms with Crippen LogP contribution in [-0.4, -0.2) is 58.0 Å². The van der Waals surface area contributed by atoms with Gasteiger partial charge in [-0.25, -0.2) is 14.8 Å². The van der Waals surface area contributed by atoms with Crippen LogP contribution >= 0.6 is 11.3 Å². The first kappa shape index (κ1) is 22.3. The SMILES string of the molecule is CN(CC1CCC(Oc2ncnc3sc4c(c23)C(CO)CC4)CC1)C(=O)OC(C)(C)C. The van der Waals surface area contributed by atoms with E-state index in [1.165, 1.54) is 10.4 Å². The molecule has 0 bridgehead atoms. The number of ether oxygens (including phenoxy) is 2. The lowest BCUT2D eigenvalue weighted by Gasteiger charge is -2.32. The van der Waals surface area contributed by atoms with E-state index in [9.17, 15) is 9.90 Å². The number of nitrogens with zero attached hydrogens (tertiary/aromatic N) is 3. The van der Waals surface area contributed by atoms with Crippen molar-refractivity contribution in [3.05, 3.63) is 16.8 Å². The Kier molecular flexibility index (Phi) is 6.40. The Morgan fingerprint density at radius 3 is 2.65 bits per heavy atom. The van der Waals surface area contributed by atoms with Crippen molar-refractivity contribution in [3.8, 4) is 5.88 Å². The fourth-order valence-electron chi connectivity index (χ4n) is 4.70. The zero-order valence-electron chi connectivity index (χ0n) is 18.9. The summed E-state index contributed by atoms with van der Waals surface area (Å²) in [6.45, 7) is 6.52. The molecule has 7 nitrogen and oxygen atoms in total. The number of aromatic nitrogens is 2. The van der Waals surface area contributed by atoms with E-state index < -0.39 is 5.60 Å². The van der Waals surface area contributed by atoms with Gasteiger partial charge in [-0.3, -0.25) is 0 Å². The zero-order valence-corrected chi connectivity index (χ0v) is 19.7. The Morgan fingerprint density at radius 2 is 1.97 bits per heavy atom. The maximum atomic E-state index is 12.2. The molecule has 1 unspecified atom stereocenters. The summed E-state index contributed by atoms with van der Waals surface area (Å²) in [5.74, 6) is 1.28. The van der Waals surface area contributed by atoms with Crippen LogP contribution in [0.5, 0.6) is 5.88 Å². The van der Waals surface area contributed by atoms with Crippen molar-refractivity contribution >= 4 is 27.6 Å². The summed E-state index contributed by atoms with van der Waals surface area (Å²) in [6.07, 6.45) is 7.31. The van der Waals surface area contributed by atoms with Crippen LogP contribution in [-0.2, 0) is 11.2 Å². The first-order valence-electron chi connectivity index (χ1n) is 11.2. The number of hydrogen-bond donors (Lipinski definition) is 1. The second kappa shape index (κ2) is 8.90. The van der Waals surface area contributed by atoms with E-state index in [4.69, 9.17) is 9.47 Å². The topological polar surface area (TPSA) is 84.8 Å². The molecule has 1 saturated carbocycles. The predicted molar refractivity (Wildman–Crippen MR) is 121 cm³/mol. The molecule has 31 heavy (non-hydrogen) atoms. The molecule has 1 fully saturated rings. The third-order valence-corrected chi connectivity index (χ3v) is 7.40. The largest absolute Gasteiger partial charge is 0.474 e. The highest BCUT2D eigenvalue weighted by atomic mass is 32.1. The molecule has 2 aliphatic rings. The second-order valence-corrected chi connectivity index (χ2v) is 10.9. The molecular weight excluding hydrogens is 414 g/mol. The quantitative estimate of drug-likeness (QED) is 0.725. The molecule has 4 rings (SSSR count). The molecule has 2 aromatic heterocycles. The molecule has 2 aliphatic carbocycles. The molecule has 0 radical (unpaired) electrons. The Hall–Kier alpha value is -1.93. The van der Waals surface area contributed by atoms with Gasteiger partial charge in [0.15, 0.2) is 0 Å². The summed E-state index contributed by atoms with van der Waals surface area (Å²) in [4.78, 5) is 25.1. The van der Waals surface area contributed by atoms with Crippen LogP contribution in [0.3, 0.4) is 0 Å². The first-order valence-corrected chi connectivity index (χ1v) is 12.0. The highest BCUT2D eigenvalue weighted by Crippen LogP contribution is 2.46. The molecule has 0 aliphatic heterocycles. The van der Waals surface area contributed by atoms with Crippen molar-refractivity contribution in [1.82, 2.24) is 14.9 Å². The van der Waals surface area contributed by atoms with Crippen LogP contribution in [0, 0.1) is 5.92 Å². The van der Waals surface area contributed by atoms with E-state index in [2.05, 4.69) is 9.97 Å². The molecule has 1 atom stereocenters. The van der Waals surface area contributed by atoms with Gasteiger partial charge in [-0.05, 0) is 70.8 Å². The molecule has 8 heteroatoms. The van der Waals surface area contributed by atoms with Crippen LogP contribution < -0.4 is 4.74 Å². The van der Waals surface area contributed by atoms with Gasteiger partial charge in [0.1, 0.15) is 22.9 Å². The van der Waals surface area contributed by atoms with Gasteiger partial charge in [-0.1, -0.05) is 0 Å². The first-order chi connectivity index (χ1) is 14.7. The summed E-state index contributed by atoms with van der Waals surface area (Å²) in [5, 5.41) is 10.8. The van der Waals surface area contributed by atoms with Crippen LogP contribution in [0.25, 0.3) is 10.2 Å². The Balaban J connectivity index is 1.37. The lowest BCUT2D eigenvalue weighted by molar-refractivity contribution is 0.0246. The fraction of sp³-hybridized carbons (Fsp3) is 0.696. The zero-order chi connectivity index (χ0) is 22.2. The third-order valence-electron chi connectivity index (χ3n) is 6.23. The predicted octanol–water partition coefficient (Wildman–Crippen LogP) is 4.52. The molecule has 2 aromatic rings. The lowest BCUT2D eigenvalue weighted by Crippen LogP contribution is -2.38. The minimum absolute atomic E-state index is 0.116. The monoisotopic (exact) mass is 447 g/mol. The van der Waals surface area contributed by atoms with Gasteiger partial charge in [-0.2, -0.15) is 0 Å². The number of carbonyl (C=O) groups is 1. The van der Waals surface area contributed by atoms with Gasteiger partial charge in [0.05, 0.1) is 12.0 Å². The van der Waals surface area contributed by atoms with Crippen LogP contribution in [0.4, 0.5) is 4.79 Å². The van der Waals surface area contributed by atoms with Crippen molar-refractivity contribution in [2.24, 2.45) is 5.92 Å². The molecular formula is C23H33N3O4S. The van der Waals surface area contributed by atoms with Crippen LogP contribution in [0.15, 0.2) is 6.33 Å². The number of rotatable bonds is 5. The highest BCUT2D eigenvalue weighted by molar-refractivity contribution is 7.19. The van der Waals surface area contributed by atoms with E-state index in [-0.39, 0.29) is 24.7 Å². The van der Waals surface area contributed by atoms with Crippen molar-refractivity contribution < 1.29 is 19.4 Å². The van der Waals surface area contributed by atoms with Gasteiger partial charge in [0, 0.05) is 24.4 Å². The van der Waals surface area contributed by atoms with E-state index in [0.717, 1.165) is 48.7 Å². The molecule has 1 N–H and O–H groups in total. The van der Waals surface area contributed by atoms with Crippen molar-refractivity contribution in [2.45, 2.75) is 76.9 Å². The standard InChI is InChI=1S/C23H33N3O4S/c1-23(2,3)30-22(28)26(4)11-14-5-8-16(9-6-14)29-20-19-18-15(12-27)7-10-17(18)31-21(19)25-13-24-20/h13-16,27H,5-12H2,1-4H3. The van der Waals surface area contributed by atoms with Crippen molar-refractivity contribution in [2.75, 3.05) is 20.2 Å². The van der Waals surface area contributed by atoms with E-state index in [1.54, 1.807) is 22.6 Å². The maximum absolute atomic E-state index is 12.2. The minimum Gasteiger partial charge on any atom is -0.474 e. The average Bonchev–Trinajstić information content (AvgIpc) is 3.27. The average molecular weight is 448 g/mol. The number of carbonyl (C=O) groups excluding carboxylic acids is 1. The summed E-state index contributed by atoms with van der Waals surface area (Å²) in [7, 11) is 1.81. The molecule has 0 saturated heterocycles. The van der Waals surface area contributed by atoms with E-state index >= 15 is 0 Å². The summed E-state index contributed by atoms with van der Waals surface area (Å²) in [6, 6.07) is 0. The second-order valence-electron chi connectivity index (χ2n) is 9.84. The van der Waals surface area contributed by atoms with Gasteiger partial charge in [-0.15, -0.1) is 11.3 Å². The van der Waals surface area contributed by atoms with Gasteiger partial charge in [0.2, 0.25) is 5.88 Å². The normalized spacial score (nSPS) is 23.6. The summed E-state index contributed by atoms with van der Waals surface area (Å²) < 4.78 is 11.8. The number of aliphatic hydroxyl groups excluding tert-OH is 1. The molecule has 2 heterocycles. The molecule has 0 aromatic carbocycles. The van der Waals surface area contributed by atoms with Crippen molar-refractivity contribution in [3.63, 3.8) is 0 Å². The summed E-state index contributed by atoms with van der Waals surface area (Å²) in [5.41, 5.74) is 0.724. The molecule has 1 amide bonds. The number of fused-ring (bicyclic) bond motifs is 3. The Morgan fingerprint density at radius 1 is 1.23 bits per heavy atom. The molecule has 170 valence electrons. The highest BCUT2D eigenvalue weighted by Gasteiger charge is 2.31. The van der Waals surface area contributed by atoms with Crippen LogP contribution in [0.2, 0.25) is 0 Å². The number of aliphatic hydroxyl groups is 1. The van der Waals surface area contributed by atoms with Gasteiger partial charge < -0.3 is 19.5 Å². The van der Waals surface area contributed by atoms with Crippen molar-refractivity contribution in [1.29, 1.82) is 0 Å². The van der Waals surface area contributed by atoms with Crippen LogP contribution in [0.1, 0.15) is 69.2 Å². The fourth-order valence-corrected chi connectivity index (χ4v) is 5.94.